The Morgan fingerprint density at radius 1 is 0.287 bits per heavy atom. The Balaban J connectivity index is 0.955. The van der Waals surface area contributed by atoms with Crippen LogP contribution in [0.5, 0.6) is 0 Å². The van der Waals surface area contributed by atoms with Crippen molar-refractivity contribution in [1.82, 2.24) is 10.6 Å². The summed E-state index contributed by atoms with van der Waals surface area (Å²) in [6.45, 7) is 34.3. The van der Waals surface area contributed by atoms with Gasteiger partial charge in [0, 0.05) is 13.8 Å². The van der Waals surface area contributed by atoms with Crippen LogP contribution in [-0.4, -0.2) is 286 Å². The van der Waals surface area contributed by atoms with Gasteiger partial charge in [-0.25, -0.2) is 9.13 Å². The van der Waals surface area contributed by atoms with E-state index in [0.717, 1.165) is 187 Å². The topological polar surface area (TPSA) is 527 Å². The third-order valence-electron chi connectivity index (χ3n) is 28.0. The van der Waals surface area contributed by atoms with Crippen molar-refractivity contribution in [2.75, 3.05) is 39.6 Å². The maximum Gasteiger partial charge on any atom is 0.483 e. The molecule has 2 amide bonds. The fourth-order valence-corrected chi connectivity index (χ4v) is 20.5. The van der Waals surface area contributed by atoms with Gasteiger partial charge in [-0.15, -0.1) is 0 Å². The average Bonchev–Trinajstić information content (AvgIpc) is 0.763. The second-order valence-corrected chi connectivity index (χ2v) is 45.4. The molecule has 18 N–H and O–H groups in total. The quantitative estimate of drug-likeness (QED) is 0.0199. The zero-order valence-corrected chi connectivity index (χ0v) is 94.7. The number of allylic oxidation sites excluding steroid dienone is 30. The minimum atomic E-state index is -5.82. The Bertz CT molecular complexity index is 4590. The van der Waals surface area contributed by atoms with Gasteiger partial charge in [0.2, 0.25) is 11.8 Å². The van der Waals surface area contributed by atoms with Crippen LogP contribution in [0.3, 0.4) is 0 Å². The molecule has 5 heterocycles. The lowest BCUT2D eigenvalue weighted by Crippen LogP contribution is -2.70. The van der Waals surface area contributed by atoms with Crippen LogP contribution in [0.15, 0.2) is 175 Å². The van der Waals surface area contributed by atoms with Gasteiger partial charge in [-0.05, 0) is 316 Å². The van der Waals surface area contributed by atoms with Crippen molar-refractivity contribution in [2.45, 2.75) is 484 Å². The monoisotopic (exact) mass is 2160 g/mol. The summed E-state index contributed by atoms with van der Waals surface area (Å²) in [5, 5.41) is 157. The molecular weight excluding hydrogens is 1970 g/mol. The second-order valence-electron chi connectivity index (χ2n) is 42.4. The van der Waals surface area contributed by atoms with Crippen molar-refractivity contribution >= 4 is 27.5 Å². The number of phosphoric ester groups is 2. The number of rotatable bonds is 68. The van der Waals surface area contributed by atoms with Gasteiger partial charge in [-0.3, -0.25) is 18.6 Å². The second kappa shape index (κ2) is 71.7. The van der Waals surface area contributed by atoms with Gasteiger partial charge in [0.1, 0.15) is 122 Å². The van der Waals surface area contributed by atoms with E-state index < -0.39 is 221 Å². The first-order valence-electron chi connectivity index (χ1n) is 54.2. The van der Waals surface area contributed by atoms with Gasteiger partial charge in [0.05, 0.1) is 39.6 Å². The van der Waals surface area contributed by atoms with E-state index in [0.29, 0.717) is 12.8 Å². The van der Waals surface area contributed by atoms with Crippen molar-refractivity contribution in [2.24, 2.45) is 5.92 Å². The number of amides is 2. The van der Waals surface area contributed by atoms with Crippen LogP contribution in [0, 0.1) is 5.92 Å². The molecule has 0 bridgehead atoms. The van der Waals surface area contributed by atoms with E-state index in [9.17, 15) is 100.0 Å². The summed E-state index contributed by atoms with van der Waals surface area (Å²) in [4.78, 5) is 47.2. The van der Waals surface area contributed by atoms with Crippen LogP contribution in [-0.2, 0) is 74.7 Å². The number of aliphatic hydroxyl groups is 14. The highest BCUT2D eigenvalue weighted by atomic mass is 31.3. The number of phosphoric acid groups is 2. The van der Waals surface area contributed by atoms with Crippen molar-refractivity contribution in [3.8, 4) is 0 Å². The Labute approximate surface area is 893 Å². The van der Waals surface area contributed by atoms with E-state index in [1.807, 2.05) is 6.92 Å². The molecule has 0 aromatic heterocycles. The molecule has 5 rings (SSSR count). The first kappa shape index (κ1) is 135. The SMILES string of the molecule is CC(=O)N[C@H]1[C@H](O[C@H]2[C@H](O)[C@@H](NC(C)=O)[C@H](OP(=O)(O)OP(=O)(O)OCCC(C)CC/C=C(\C)CC/C=C(\C)CC/C=C(\C)CC/C=C(\C)CC/C=C(/C)CC/C=C(\C)CC/C=C(\C)CC/C=C(\C)CC/C=C(\C)CC/C=C(/C)CC/C=C(\C)CC/C=C(\C)CC/C=C(\C)CC/C=C(\C)CCC=C(C)C)O[C@@H]2CO)O[C@H](CO)[C@@H](O[C@@H]2O[C@H](CO[C@H]3O[C@H](CO)[C@@H](O)[C@H](O)[C@@H]3O)[C@@H](O)[C@H](O[C@H]3O[C@H](CO)[C@@H](O)[C@H](O)[C@@H]3O)[C@@H]2O)[C@@H]1O. The number of aliphatic hydroxyl groups excluding tert-OH is 14. The predicted molar refractivity (Wildman–Crippen MR) is 580 cm³/mol. The van der Waals surface area contributed by atoms with Crippen LogP contribution in [0.4, 0.5) is 0 Å². The predicted octanol–water partition coefficient (Wildman–Crippen LogP) is 16.6. The van der Waals surface area contributed by atoms with E-state index in [1.165, 1.54) is 90.0 Å². The first-order valence-corrected chi connectivity index (χ1v) is 57.1. The van der Waals surface area contributed by atoms with Crippen molar-refractivity contribution in [1.29, 1.82) is 0 Å². The Morgan fingerprint density at radius 2 is 0.547 bits per heavy atom. The van der Waals surface area contributed by atoms with Gasteiger partial charge in [-0.1, -0.05) is 182 Å². The fraction of sp³-hybridized carbons (Fsp3) is 0.719. The fourth-order valence-electron chi connectivity index (χ4n) is 18.4. The van der Waals surface area contributed by atoms with Gasteiger partial charge in [0.25, 0.3) is 0 Å². The van der Waals surface area contributed by atoms with Gasteiger partial charge in [-0.2, -0.15) is 4.31 Å². The molecule has 28 atom stereocenters. The standard InChI is InChI=1S/C114H190N2O32P2/c1-72(2)35-20-36-73(3)37-21-38-74(4)39-22-40-75(5)41-23-42-76(6)43-24-44-77(7)45-25-46-78(8)47-26-48-79(9)49-27-50-80(10)51-28-52-81(11)53-29-54-82(12)55-30-56-83(13)57-31-58-84(14)59-32-60-85(15)61-33-62-86(16)63-34-64-87(17)65-66-138-149(133,134)148-150(135,136)147-111-96(116-89(19)122)101(127)107(93(70-120)142-111)144-110-95(115-88(18)121)100(126)108(92(69-119)141-110)145-114-106(132)109(146-113-105(131)103(129)98(124)91(68-118)140-113)99(125)94(143-114)71-137-112-104(130)102(128)97(123)90(67-117)139-112/h35,37,39,41,43,45,47,49,51,53,55,57,59,61,63,87,90-114,117-120,123-132H,20-34,36,38,40,42,44,46,48,50,52,54,56,58,60,62,64-71H2,1-19H3,(H,115,121)(H,116,122)(H,133,134)(H,135,136)/b73-37+,74-39+,75-41+,76-43+,77-45-,78-47+,79-49+,80-51+,81-53+,82-55-,83-57+,84-59+,85-61+,86-63+/t87?,90-,91-,92-,93-,94-,95-,96-,97-,98-,99-,100-,101-,102+,103+,104+,105+,106+,107-,108-,109+,110+,111+,112+,113-,114+/m1/s1. The molecule has 858 valence electrons. The molecule has 0 saturated carbocycles. The Hall–Kier alpha value is -5.62. The molecule has 0 aromatic rings. The summed E-state index contributed by atoms with van der Waals surface area (Å²) in [5.41, 5.74) is 21.7. The molecule has 0 radical (unpaired) electrons. The number of carbonyl (C=O) groups is 2. The number of hydrogen-bond donors (Lipinski definition) is 18. The molecule has 5 aliphatic heterocycles. The van der Waals surface area contributed by atoms with Gasteiger partial charge < -0.3 is 135 Å². The molecule has 34 nitrogen and oxygen atoms in total. The Morgan fingerprint density at radius 3 is 0.860 bits per heavy atom. The van der Waals surface area contributed by atoms with Crippen LogP contribution in [0.2, 0.25) is 0 Å². The molecule has 150 heavy (non-hydrogen) atoms. The lowest BCUT2D eigenvalue weighted by atomic mass is 9.94. The van der Waals surface area contributed by atoms with E-state index in [2.05, 4.69) is 217 Å². The summed E-state index contributed by atoms with van der Waals surface area (Å²) in [5.74, 6) is -1.89. The molecule has 0 aromatic carbocycles. The molecule has 0 spiro atoms. The average molecular weight is 2160 g/mol. The summed E-state index contributed by atoms with van der Waals surface area (Å²) in [7, 11) is -11.3. The molecule has 5 fully saturated rings. The zero-order valence-electron chi connectivity index (χ0n) is 92.9. The van der Waals surface area contributed by atoms with Crippen molar-refractivity contribution in [3.63, 3.8) is 0 Å². The number of ether oxygens (including phenoxy) is 9. The molecule has 0 aliphatic carbocycles. The third kappa shape index (κ3) is 51.4. The van der Waals surface area contributed by atoms with E-state index in [1.54, 1.807) is 0 Å². The molecular formula is C114H190N2O32P2. The lowest BCUT2D eigenvalue weighted by Gasteiger charge is -2.50. The maximum absolute atomic E-state index is 13.6. The van der Waals surface area contributed by atoms with Crippen LogP contribution < -0.4 is 10.6 Å². The lowest BCUT2D eigenvalue weighted by molar-refractivity contribution is -0.383. The smallest absolute Gasteiger partial charge is 0.394 e. The normalized spacial score (nSPS) is 30.1. The third-order valence-corrected chi connectivity index (χ3v) is 30.7. The first-order chi connectivity index (χ1) is 71.0. The van der Waals surface area contributed by atoms with Crippen molar-refractivity contribution in [3.05, 3.63) is 175 Å². The molecule has 5 aliphatic rings. The van der Waals surface area contributed by atoms with Crippen LogP contribution in [0.1, 0.15) is 331 Å². The highest BCUT2D eigenvalue weighted by molar-refractivity contribution is 7.61. The minimum Gasteiger partial charge on any atom is -0.394 e. The number of nitrogens with one attached hydrogen (secondary N) is 2. The maximum atomic E-state index is 13.6. The molecule has 36 heteroatoms. The van der Waals surface area contributed by atoms with Crippen LogP contribution >= 0.6 is 15.6 Å². The zero-order chi connectivity index (χ0) is 111. The molecule has 3 unspecified atom stereocenters. The Kier molecular flexibility index (Phi) is 64.4. The number of carbonyl (C=O) groups excluding carboxylic acids is 2. The van der Waals surface area contributed by atoms with E-state index >= 15 is 0 Å². The van der Waals surface area contributed by atoms with Crippen LogP contribution in [0.25, 0.3) is 0 Å². The highest BCUT2D eigenvalue weighted by Crippen LogP contribution is 2.62. The van der Waals surface area contributed by atoms with Gasteiger partial charge in [0.15, 0.2) is 31.5 Å². The summed E-state index contributed by atoms with van der Waals surface area (Å²) < 4.78 is 93.7. The minimum absolute atomic E-state index is 0.0537. The highest BCUT2D eigenvalue weighted by Gasteiger charge is 2.58. The number of hydrogen-bond acceptors (Lipinski definition) is 30. The summed E-state index contributed by atoms with van der Waals surface area (Å²) in [6, 6.07) is -3.86. The summed E-state index contributed by atoms with van der Waals surface area (Å²) >= 11 is 0. The van der Waals surface area contributed by atoms with Gasteiger partial charge >= 0.3 is 15.6 Å². The molecule has 5 saturated heterocycles. The summed E-state index contributed by atoms with van der Waals surface area (Å²) in [6.07, 6.45) is 22.3. The van der Waals surface area contributed by atoms with E-state index in [4.69, 9.17) is 51.7 Å². The van der Waals surface area contributed by atoms with Crippen molar-refractivity contribution < 1.29 is 156 Å². The largest absolute Gasteiger partial charge is 0.483 e. The van der Waals surface area contributed by atoms with E-state index in [-0.39, 0.29) is 12.3 Å².